The molecular weight excluding hydrogens is 292 g/mol. The smallest absolute Gasteiger partial charge is 0.244 e. The van der Waals surface area contributed by atoms with Gasteiger partial charge in [-0.2, -0.15) is 0 Å². The molecule has 1 rings (SSSR count). The second-order valence-electron chi connectivity index (χ2n) is 4.83. The Labute approximate surface area is 126 Å². The van der Waals surface area contributed by atoms with Crippen LogP contribution >= 0.6 is 0 Å². The molecular formula is C14H24N2O4S. The van der Waals surface area contributed by atoms with Gasteiger partial charge >= 0.3 is 0 Å². The van der Waals surface area contributed by atoms with E-state index < -0.39 is 10.0 Å². The van der Waals surface area contributed by atoms with Crippen LogP contribution in [-0.2, 0) is 21.3 Å². The van der Waals surface area contributed by atoms with Gasteiger partial charge in [0.2, 0.25) is 10.0 Å². The zero-order chi connectivity index (χ0) is 15.9. The highest BCUT2D eigenvalue weighted by molar-refractivity contribution is 7.89. The van der Waals surface area contributed by atoms with Crippen LogP contribution < -0.4 is 14.8 Å². The SMILES string of the molecule is CNCc1ccc(S(=O)(=O)NCCOC(C)C)c(OC)c1. The van der Waals surface area contributed by atoms with Crippen LogP contribution in [0.5, 0.6) is 5.75 Å². The summed E-state index contributed by atoms with van der Waals surface area (Å²) in [5.41, 5.74) is 0.955. The quantitative estimate of drug-likeness (QED) is 0.668. The first kappa shape index (κ1) is 17.9. The lowest BCUT2D eigenvalue weighted by atomic mass is 10.2. The summed E-state index contributed by atoms with van der Waals surface area (Å²) in [7, 11) is -0.324. The molecule has 0 unspecified atom stereocenters. The van der Waals surface area contributed by atoms with Crippen molar-refractivity contribution in [3.63, 3.8) is 0 Å². The summed E-state index contributed by atoms with van der Waals surface area (Å²) >= 11 is 0. The van der Waals surface area contributed by atoms with E-state index in [1.807, 2.05) is 20.9 Å². The molecule has 120 valence electrons. The summed E-state index contributed by atoms with van der Waals surface area (Å²) in [4.78, 5) is 0.134. The number of ether oxygens (including phenoxy) is 2. The number of benzene rings is 1. The van der Waals surface area contributed by atoms with Crippen LogP contribution in [0.4, 0.5) is 0 Å². The second kappa shape index (κ2) is 8.33. The van der Waals surface area contributed by atoms with Crippen molar-refractivity contribution in [3.05, 3.63) is 23.8 Å². The largest absolute Gasteiger partial charge is 0.495 e. The minimum absolute atomic E-state index is 0.0740. The van der Waals surface area contributed by atoms with Gasteiger partial charge in [0.1, 0.15) is 10.6 Å². The Hall–Kier alpha value is -1.15. The molecule has 2 N–H and O–H groups in total. The lowest BCUT2D eigenvalue weighted by molar-refractivity contribution is 0.0834. The van der Waals surface area contributed by atoms with Crippen molar-refractivity contribution >= 4 is 10.0 Å². The molecule has 7 heteroatoms. The van der Waals surface area contributed by atoms with Crippen LogP contribution in [0.1, 0.15) is 19.4 Å². The molecule has 0 aliphatic rings. The Morgan fingerprint density at radius 3 is 2.57 bits per heavy atom. The lowest BCUT2D eigenvalue weighted by Gasteiger charge is -2.13. The number of rotatable bonds is 9. The fraction of sp³-hybridized carbons (Fsp3) is 0.571. The lowest BCUT2D eigenvalue weighted by Crippen LogP contribution is -2.28. The molecule has 0 saturated carbocycles. The van der Waals surface area contributed by atoms with E-state index in [0.717, 1.165) is 5.56 Å². The molecule has 0 spiro atoms. The van der Waals surface area contributed by atoms with Crippen LogP contribution in [0.2, 0.25) is 0 Å². The summed E-state index contributed by atoms with van der Waals surface area (Å²) < 4.78 is 37.5. The average molecular weight is 316 g/mol. The van der Waals surface area contributed by atoms with Gasteiger partial charge in [0.15, 0.2) is 0 Å². The van der Waals surface area contributed by atoms with E-state index in [4.69, 9.17) is 9.47 Å². The zero-order valence-electron chi connectivity index (χ0n) is 13.0. The standard InChI is InChI=1S/C14H24N2O4S/c1-11(2)20-8-7-16-21(17,18)14-6-5-12(10-15-3)9-13(14)19-4/h5-6,9,11,15-16H,7-8,10H2,1-4H3. The van der Waals surface area contributed by atoms with E-state index in [1.165, 1.54) is 7.11 Å². The van der Waals surface area contributed by atoms with Gasteiger partial charge in [-0.25, -0.2) is 13.1 Å². The molecule has 0 aliphatic heterocycles. The molecule has 6 nitrogen and oxygen atoms in total. The van der Waals surface area contributed by atoms with Crippen molar-refractivity contribution < 1.29 is 17.9 Å². The summed E-state index contributed by atoms with van der Waals surface area (Å²) in [5.74, 6) is 0.333. The van der Waals surface area contributed by atoms with Gasteiger partial charge < -0.3 is 14.8 Å². The van der Waals surface area contributed by atoms with Crippen LogP contribution in [-0.4, -0.2) is 41.8 Å². The number of hydrogen-bond donors (Lipinski definition) is 2. The van der Waals surface area contributed by atoms with Crippen LogP contribution in [0, 0.1) is 0 Å². The van der Waals surface area contributed by atoms with Gasteiger partial charge in [-0.3, -0.25) is 0 Å². The fourth-order valence-corrected chi connectivity index (χ4v) is 2.96. The van der Waals surface area contributed by atoms with Crippen molar-refractivity contribution in [2.75, 3.05) is 27.3 Å². The molecule has 0 aromatic heterocycles. The van der Waals surface area contributed by atoms with Gasteiger partial charge in [0.05, 0.1) is 19.8 Å². The molecule has 1 aromatic carbocycles. The molecule has 0 saturated heterocycles. The van der Waals surface area contributed by atoms with Crippen LogP contribution in [0.25, 0.3) is 0 Å². The van der Waals surface area contributed by atoms with Gasteiger partial charge in [-0.15, -0.1) is 0 Å². The first-order valence-corrected chi connectivity index (χ1v) is 8.31. The van der Waals surface area contributed by atoms with Crippen molar-refractivity contribution in [1.29, 1.82) is 0 Å². The first-order chi connectivity index (χ1) is 9.90. The molecule has 0 fully saturated rings. The Bertz CT molecular complexity index is 544. The molecule has 0 radical (unpaired) electrons. The Morgan fingerprint density at radius 2 is 2.00 bits per heavy atom. The minimum atomic E-state index is -3.61. The second-order valence-corrected chi connectivity index (χ2v) is 6.57. The number of nitrogens with one attached hydrogen (secondary N) is 2. The van der Waals surface area contributed by atoms with Gasteiger partial charge in [-0.05, 0) is 38.6 Å². The van der Waals surface area contributed by atoms with Crippen LogP contribution in [0.15, 0.2) is 23.1 Å². The van der Waals surface area contributed by atoms with Crippen molar-refractivity contribution in [2.45, 2.75) is 31.4 Å². The predicted molar refractivity (Wildman–Crippen MR) is 82.0 cm³/mol. The van der Waals surface area contributed by atoms with Crippen molar-refractivity contribution in [2.24, 2.45) is 0 Å². The third kappa shape index (κ3) is 5.62. The highest BCUT2D eigenvalue weighted by Crippen LogP contribution is 2.24. The summed E-state index contributed by atoms with van der Waals surface area (Å²) in [5, 5.41) is 3.01. The fourth-order valence-electron chi connectivity index (χ4n) is 1.80. The normalized spacial score (nSPS) is 11.9. The maximum atomic E-state index is 12.3. The summed E-state index contributed by atoms with van der Waals surface area (Å²) in [6.45, 7) is 5.00. The molecule has 0 aliphatic carbocycles. The molecule has 21 heavy (non-hydrogen) atoms. The van der Waals surface area contributed by atoms with E-state index in [-0.39, 0.29) is 17.5 Å². The molecule has 1 aromatic rings. The monoisotopic (exact) mass is 316 g/mol. The average Bonchev–Trinajstić information content (AvgIpc) is 2.43. The summed E-state index contributed by atoms with van der Waals surface area (Å²) in [6.07, 6.45) is 0.0740. The highest BCUT2D eigenvalue weighted by Gasteiger charge is 2.19. The number of hydrogen-bond acceptors (Lipinski definition) is 5. The maximum Gasteiger partial charge on any atom is 0.244 e. The van der Waals surface area contributed by atoms with Crippen molar-refractivity contribution in [1.82, 2.24) is 10.0 Å². The highest BCUT2D eigenvalue weighted by atomic mass is 32.2. The number of methoxy groups -OCH3 is 1. The Balaban J connectivity index is 2.82. The third-order valence-electron chi connectivity index (χ3n) is 2.74. The van der Waals surface area contributed by atoms with Gasteiger partial charge in [0.25, 0.3) is 0 Å². The number of sulfonamides is 1. The molecule has 0 bridgehead atoms. The van der Waals surface area contributed by atoms with E-state index in [2.05, 4.69) is 10.0 Å². The van der Waals surface area contributed by atoms with Gasteiger partial charge in [-0.1, -0.05) is 6.07 Å². The predicted octanol–water partition coefficient (Wildman–Crippen LogP) is 1.12. The molecule has 0 atom stereocenters. The topological polar surface area (TPSA) is 76.7 Å². The third-order valence-corrected chi connectivity index (χ3v) is 4.24. The van der Waals surface area contributed by atoms with Crippen LogP contribution in [0.3, 0.4) is 0 Å². The Kier molecular flexibility index (Phi) is 7.10. The molecule has 0 heterocycles. The van der Waals surface area contributed by atoms with E-state index in [1.54, 1.807) is 18.2 Å². The van der Waals surface area contributed by atoms with E-state index in [9.17, 15) is 8.42 Å². The molecule has 0 amide bonds. The maximum absolute atomic E-state index is 12.3. The van der Waals surface area contributed by atoms with Gasteiger partial charge in [0, 0.05) is 13.1 Å². The summed E-state index contributed by atoms with van der Waals surface area (Å²) in [6, 6.07) is 5.03. The minimum Gasteiger partial charge on any atom is -0.495 e. The van der Waals surface area contributed by atoms with E-state index >= 15 is 0 Å². The first-order valence-electron chi connectivity index (χ1n) is 6.83. The Morgan fingerprint density at radius 1 is 1.29 bits per heavy atom. The van der Waals surface area contributed by atoms with Crippen molar-refractivity contribution in [3.8, 4) is 5.75 Å². The zero-order valence-corrected chi connectivity index (χ0v) is 13.8. The van der Waals surface area contributed by atoms with E-state index in [0.29, 0.717) is 18.9 Å².